The molecule has 0 spiro atoms. The van der Waals surface area contributed by atoms with Gasteiger partial charge >= 0.3 is 0 Å². The Kier molecular flexibility index (Phi) is 1.93. The number of nitrogens with zero attached hydrogens (tertiary/aromatic N) is 2. The average molecular weight is 233 g/mol. The summed E-state index contributed by atoms with van der Waals surface area (Å²) in [5, 5.41) is 1.73. The first-order valence-corrected chi connectivity index (χ1v) is 6.01. The van der Waals surface area contributed by atoms with E-state index >= 15 is 0 Å². The second kappa shape index (κ2) is 3.29. The SMILES string of the molecule is Nc1snc2nc(-c3ccccc3)sc12. The number of nitrogens with two attached hydrogens (primary N) is 1. The highest BCUT2D eigenvalue weighted by Gasteiger charge is 2.10. The lowest BCUT2D eigenvalue weighted by Gasteiger charge is -1.92. The summed E-state index contributed by atoms with van der Waals surface area (Å²) in [6.45, 7) is 0. The van der Waals surface area contributed by atoms with Crippen LogP contribution in [0.5, 0.6) is 0 Å². The van der Waals surface area contributed by atoms with Crippen molar-refractivity contribution in [1.29, 1.82) is 0 Å². The number of benzene rings is 1. The van der Waals surface area contributed by atoms with Crippen LogP contribution < -0.4 is 5.73 Å². The van der Waals surface area contributed by atoms with E-state index < -0.39 is 0 Å². The van der Waals surface area contributed by atoms with Crippen LogP contribution in [0.3, 0.4) is 0 Å². The van der Waals surface area contributed by atoms with E-state index in [-0.39, 0.29) is 0 Å². The van der Waals surface area contributed by atoms with E-state index in [2.05, 4.69) is 9.36 Å². The molecule has 0 amide bonds. The maximum atomic E-state index is 5.79. The largest absolute Gasteiger partial charge is 0.388 e. The summed E-state index contributed by atoms with van der Waals surface area (Å²) in [4.78, 5) is 4.44. The quantitative estimate of drug-likeness (QED) is 0.703. The molecule has 0 unspecified atom stereocenters. The van der Waals surface area contributed by atoms with E-state index in [9.17, 15) is 0 Å². The van der Waals surface area contributed by atoms with Gasteiger partial charge in [-0.2, -0.15) is 4.37 Å². The van der Waals surface area contributed by atoms with Crippen LogP contribution in [0.15, 0.2) is 30.3 Å². The molecule has 0 saturated heterocycles. The lowest BCUT2D eigenvalue weighted by Crippen LogP contribution is -1.74. The van der Waals surface area contributed by atoms with Crippen molar-refractivity contribution in [1.82, 2.24) is 9.36 Å². The Bertz CT molecular complexity index is 597. The van der Waals surface area contributed by atoms with Gasteiger partial charge < -0.3 is 5.73 Å². The number of thiazole rings is 1. The summed E-state index contributed by atoms with van der Waals surface area (Å²) in [5.74, 6) is 0. The minimum atomic E-state index is 0.754. The Morgan fingerprint density at radius 2 is 1.93 bits per heavy atom. The zero-order valence-electron chi connectivity index (χ0n) is 7.68. The summed E-state index contributed by atoms with van der Waals surface area (Å²) < 4.78 is 5.18. The second-order valence-corrected chi connectivity index (χ2v) is 4.89. The fourth-order valence-electron chi connectivity index (χ4n) is 1.37. The molecule has 2 N–H and O–H groups in total. The highest BCUT2D eigenvalue weighted by Crippen LogP contribution is 2.34. The van der Waals surface area contributed by atoms with Crippen LogP contribution >= 0.6 is 22.9 Å². The number of hydrogen-bond acceptors (Lipinski definition) is 5. The summed E-state index contributed by atoms with van der Waals surface area (Å²) in [6, 6.07) is 10.1. The van der Waals surface area contributed by atoms with Crippen molar-refractivity contribution in [3.63, 3.8) is 0 Å². The van der Waals surface area contributed by atoms with E-state index in [1.54, 1.807) is 11.3 Å². The van der Waals surface area contributed by atoms with Crippen LogP contribution in [0.2, 0.25) is 0 Å². The first-order chi connectivity index (χ1) is 7.34. The normalized spacial score (nSPS) is 10.9. The van der Waals surface area contributed by atoms with Crippen LogP contribution in [0, 0.1) is 0 Å². The molecule has 2 aromatic heterocycles. The van der Waals surface area contributed by atoms with Gasteiger partial charge in [0, 0.05) is 5.56 Å². The molecule has 0 aliphatic rings. The van der Waals surface area contributed by atoms with E-state index in [0.29, 0.717) is 0 Å². The Morgan fingerprint density at radius 1 is 1.13 bits per heavy atom. The van der Waals surface area contributed by atoms with Gasteiger partial charge in [0.25, 0.3) is 0 Å². The van der Waals surface area contributed by atoms with Gasteiger partial charge in [-0.1, -0.05) is 30.3 Å². The van der Waals surface area contributed by atoms with E-state index in [4.69, 9.17) is 5.73 Å². The van der Waals surface area contributed by atoms with Crippen molar-refractivity contribution in [2.45, 2.75) is 0 Å². The van der Waals surface area contributed by atoms with Crippen molar-refractivity contribution in [2.75, 3.05) is 5.73 Å². The minimum Gasteiger partial charge on any atom is -0.388 e. The number of rotatable bonds is 1. The molecule has 0 saturated carbocycles. The Balaban J connectivity index is 2.20. The molecule has 0 fully saturated rings. The van der Waals surface area contributed by atoms with Crippen LogP contribution in [0.4, 0.5) is 5.00 Å². The van der Waals surface area contributed by atoms with Gasteiger partial charge in [-0.3, -0.25) is 0 Å². The molecule has 2 heterocycles. The molecule has 3 rings (SSSR count). The zero-order chi connectivity index (χ0) is 10.3. The van der Waals surface area contributed by atoms with Crippen molar-refractivity contribution in [3.05, 3.63) is 30.3 Å². The van der Waals surface area contributed by atoms with Crippen molar-refractivity contribution >= 4 is 38.2 Å². The standard InChI is InChI=1S/C10H7N3S2/c11-8-7-9(13-15-8)12-10(14-7)6-4-2-1-3-5-6/h1-5H,11H2. The lowest BCUT2D eigenvalue weighted by atomic mass is 10.2. The molecule has 0 atom stereocenters. The fourth-order valence-corrected chi connectivity index (χ4v) is 3.02. The predicted octanol–water partition coefficient (Wildman–Crippen LogP) is 3.00. The van der Waals surface area contributed by atoms with Gasteiger partial charge in [0.1, 0.15) is 14.7 Å². The fraction of sp³-hybridized carbons (Fsp3) is 0. The summed E-state index contributed by atoms with van der Waals surface area (Å²) in [7, 11) is 0. The summed E-state index contributed by atoms with van der Waals surface area (Å²) in [6.07, 6.45) is 0. The molecule has 0 aliphatic heterocycles. The van der Waals surface area contributed by atoms with Crippen molar-refractivity contribution in [2.24, 2.45) is 0 Å². The first kappa shape index (κ1) is 8.82. The third-order valence-corrected chi connectivity index (χ3v) is 4.01. The van der Waals surface area contributed by atoms with Crippen LogP contribution in [-0.4, -0.2) is 9.36 Å². The molecule has 74 valence electrons. The highest BCUT2D eigenvalue weighted by molar-refractivity contribution is 7.26. The maximum absolute atomic E-state index is 5.79. The predicted molar refractivity (Wildman–Crippen MR) is 65.1 cm³/mol. The lowest BCUT2D eigenvalue weighted by molar-refractivity contribution is 1.42. The Morgan fingerprint density at radius 3 is 2.67 bits per heavy atom. The number of fused-ring (bicyclic) bond motifs is 1. The Labute approximate surface area is 94.4 Å². The monoisotopic (exact) mass is 233 g/mol. The van der Waals surface area contributed by atoms with Gasteiger partial charge in [0.05, 0.1) is 0 Å². The molecule has 1 aromatic carbocycles. The van der Waals surface area contributed by atoms with Gasteiger partial charge in [-0.25, -0.2) is 4.98 Å². The summed E-state index contributed by atoms with van der Waals surface area (Å²) in [5.41, 5.74) is 7.67. The molecule has 0 bridgehead atoms. The molecule has 0 radical (unpaired) electrons. The second-order valence-electron chi connectivity index (χ2n) is 3.08. The van der Waals surface area contributed by atoms with Crippen LogP contribution in [0.1, 0.15) is 0 Å². The van der Waals surface area contributed by atoms with E-state index in [1.165, 1.54) is 11.5 Å². The first-order valence-electron chi connectivity index (χ1n) is 4.42. The Hall–Kier alpha value is -1.46. The molecule has 15 heavy (non-hydrogen) atoms. The smallest absolute Gasteiger partial charge is 0.186 e. The molecule has 3 aromatic rings. The molecular weight excluding hydrogens is 226 g/mol. The number of anilines is 1. The van der Waals surface area contributed by atoms with Crippen molar-refractivity contribution in [3.8, 4) is 10.6 Å². The number of nitrogen functional groups attached to an aromatic ring is 1. The van der Waals surface area contributed by atoms with E-state index in [0.717, 1.165) is 25.9 Å². The van der Waals surface area contributed by atoms with Gasteiger partial charge in [0.15, 0.2) is 5.65 Å². The molecule has 5 heteroatoms. The highest BCUT2D eigenvalue weighted by atomic mass is 32.1. The van der Waals surface area contributed by atoms with Crippen molar-refractivity contribution < 1.29 is 0 Å². The van der Waals surface area contributed by atoms with Gasteiger partial charge in [0.2, 0.25) is 0 Å². The molecular formula is C10H7N3S2. The summed E-state index contributed by atoms with van der Waals surface area (Å²) >= 11 is 2.90. The minimum absolute atomic E-state index is 0.754. The molecule has 0 aliphatic carbocycles. The number of hydrogen-bond donors (Lipinski definition) is 1. The zero-order valence-corrected chi connectivity index (χ0v) is 9.31. The average Bonchev–Trinajstić information content (AvgIpc) is 2.83. The molecule has 3 nitrogen and oxygen atoms in total. The van der Waals surface area contributed by atoms with Crippen LogP contribution in [-0.2, 0) is 0 Å². The van der Waals surface area contributed by atoms with Gasteiger partial charge in [-0.15, -0.1) is 11.3 Å². The third kappa shape index (κ3) is 1.40. The maximum Gasteiger partial charge on any atom is 0.186 e. The van der Waals surface area contributed by atoms with Gasteiger partial charge in [-0.05, 0) is 11.5 Å². The van der Waals surface area contributed by atoms with E-state index in [1.807, 2.05) is 30.3 Å². The topological polar surface area (TPSA) is 51.8 Å². The number of aromatic nitrogens is 2. The third-order valence-electron chi connectivity index (χ3n) is 2.08. The van der Waals surface area contributed by atoms with Crippen LogP contribution in [0.25, 0.3) is 20.9 Å².